The van der Waals surface area contributed by atoms with Crippen molar-refractivity contribution >= 4 is 34.3 Å². The summed E-state index contributed by atoms with van der Waals surface area (Å²) in [6.45, 7) is 2.73. The number of anilines is 2. The van der Waals surface area contributed by atoms with E-state index in [0.29, 0.717) is 42.8 Å². The third-order valence-electron chi connectivity index (χ3n) is 5.86. The molecule has 1 amide bonds. The predicted molar refractivity (Wildman–Crippen MR) is 96.0 cm³/mol. The number of ether oxygens (including phenoxy) is 2. The molecule has 5 rings (SSSR count). The number of morpholine rings is 1. The number of nitrogens with zero attached hydrogens (tertiary/aromatic N) is 3. The van der Waals surface area contributed by atoms with E-state index in [1.165, 1.54) is 0 Å². The Balaban J connectivity index is 1.42. The number of nitrogens with one attached hydrogen (secondary N) is 1. The summed E-state index contributed by atoms with van der Waals surface area (Å²) in [7, 11) is 0. The lowest BCUT2D eigenvalue weighted by Gasteiger charge is -2.29. The van der Waals surface area contributed by atoms with Crippen LogP contribution in [-0.2, 0) is 19.1 Å². The highest BCUT2D eigenvalue weighted by Gasteiger charge is 2.55. The van der Waals surface area contributed by atoms with E-state index in [4.69, 9.17) is 14.1 Å². The van der Waals surface area contributed by atoms with Gasteiger partial charge in [-0.05, 0) is 35.3 Å². The van der Waals surface area contributed by atoms with Gasteiger partial charge in [0.05, 0.1) is 48.6 Å². The average molecular weight is 388 g/mol. The summed E-state index contributed by atoms with van der Waals surface area (Å²) in [5.41, 5.74) is 2.31. The van der Waals surface area contributed by atoms with Gasteiger partial charge in [-0.3, -0.25) is 9.59 Å². The fraction of sp³-hybridized carbons (Fsp3) is 0.556. The molecule has 3 aliphatic heterocycles. The normalized spacial score (nSPS) is 29.4. The lowest BCUT2D eigenvalue weighted by Crippen LogP contribution is -2.41. The summed E-state index contributed by atoms with van der Waals surface area (Å²) in [6, 6.07) is 3.61. The van der Waals surface area contributed by atoms with Crippen LogP contribution in [0.2, 0.25) is 0 Å². The van der Waals surface area contributed by atoms with Gasteiger partial charge in [0, 0.05) is 13.1 Å². The Morgan fingerprint density at radius 2 is 1.79 bits per heavy atom. The van der Waals surface area contributed by atoms with Crippen molar-refractivity contribution in [1.82, 2.24) is 10.3 Å². The van der Waals surface area contributed by atoms with Crippen molar-refractivity contribution in [3.8, 4) is 0 Å². The number of carboxylic acids is 1. The summed E-state index contributed by atoms with van der Waals surface area (Å²) < 4.78 is 16.0. The van der Waals surface area contributed by atoms with Crippen LogP contribution in [0.15, 0.2) is 16.8 Å². The van der Waals surface area contributed by atoms with Crippen LogP contribution in [0.3, 0.4) is 0 Å². The molecular formula is C18H20N4O6. The third kappa shape index (κ3) is 2.71. The summed E-state index contributed by atoms with van der Waals surface area (Å²) >= 11 is 0. The second kappa shape index (κ2) is 6.71. The quantitative estimate of drug-likeness (QED) is 0.784. The van der Waals surface area contributed by atoms with E-state index in [1.54, 1.807) is 6.07 Å². The van der Waals surface area contributed by atoms with E-state index in [1.807, 2.05) is 6.07 Å². The summed E-state index contributed by atoms with van der Waals surface area (Å²) in [6.07, 6.45) is 0.626. The summed E-state index contributed by atoms with van der Waals surface area (Å²) in [4.78, 5) is 26.7. The number of hydrogen-bond donors (Lipinski definition) is 2. The van der Waals surface area contributed by atoms with E-state index >= 15 is 0 Å². The van der Waals surface area contributed by atoms with Gasteiger partial charge in [0.25, 0.3) is 0 Å². The first-order valence-corrected chi connectivity index (χ1v) is 9.40. The molecule has 2 aromatic rings. The molecule has 3 aliphatic rings. The Hall–Kier alpha value is -2.72. The number of rotatable bonds is 4. The SMILES string of the molecule is O=C(O)[C@H]1[C@H](C(=O)Nc2ccc(N3CCOCC3)c3nonc23)[C@H]2CC[C@H]1O2. The van der Waals surface area contributed by atoms with Crippen LogP contribution in [0, 0.1) is 11.8 Å². The smallest absolute Gasteiger partial charge is 0.310 e. The molecule has 0 radical (unpaired) electrons. The van der Waals surface area contributed by atoms with Crippen LogP contribution in [0.25, 0.3) is 11.0 Å². The van der Waals surface area contributed by atoms with Crippen molar-refractivity contribution in [1.29, 1.82) is 0 Å². The van der Waals surface area contributed by atoms with E-state index in [2.05, 4.69) is 20.5 Å². The minimum Gasteiger partial charge on any atom is -0.481 e. The first-order valence-electron chi connectivity index (χ1n) is 9.40. The van der Waals surface area contributed by atoms with Crippen LogP contribution in [0.4, 0.5) is 11.4 Å². The number of hydrogen-bond acceptors (Lipinski definition) is 8. The second-order valence-corrected chi connectivity index (χ2v) is 7.36. The molecule has 1 aromatic carbocycles. The molecular weight excluding hydrogens is 368 g/mol. The zero-order valence-corrected chi connectivity index (χ0v) is 15.0. The Labute approximate surface area is 159 Å². The minimum absolute atomic E-state index is 0.357. The third-order valence-corrected chi connectivity index (χ3v) is 5.86. The van der Waals surface area contributed by atoms with Crippen LogP contribution in [-0.4, -0.2) is 65.8 Å². The highest BCUT2D eigenvalue weighted by molar-refractivity contribution is 6.04. The molecule has 3 saturated heterocycles. The Bertz CT molecular complexity index is 924. The van der Waals surface area contributed by atoms with Gasteiger partial charge in [-0.1, -0.05) is 0 Å². The first kappa shape index (κ1) is 17.4. The monoisotopic (exact) mass is 388 g/mol. The molecule has 4 heterocycles. The van der Waals surface area contributed by atoms with Gasteiger partial charge in [0.2, 0.25) is 5.91 Å². The van der Waals surface area contributed by atoms with Gasteiger partial charge in [-0.2, -0.15) is 0 Å². The van der Waals surface area contributed by atoms with E-state index < -0.39 is 23.9 Å². The van der Waals surface area contributed by atoms with E-state index in [0.717, 1.165) is 18.8 Å². The Morgan fingerprint density at radius 1 is 1.07 bits per heavy atom. The average Bonchev–Trinajstić information content (AvgIpc) is 3.44. The maximum atomic E-state index is 12.9. The van der Waals surface area contributed by atoms with Crippen molar-refractivity contribution < 1.29 is 28.8 Å². The fourth-order valence-electron chi connectivity index (χ4n) is 4.55. The largest absolute Gasteiger partial charge is 0.481 e. The second-order valence-electron chi connectivity index (χ2n) is 7.36. The number of carbonyl (C=O) groups excluding carboxylic acids is 1. The number of fused-ring (bicyclic) bond motifs is 3. The maximum absolute atomic E-state index is 12.9. The minimum atomic E-state index is -0.997. The van der Waals surface area contributed by atoms with Gasteiger partial charge >= 0.3 is 5.97 Å². The molecule has 28 heavy (non-hydrogen) atoms. The van der Waals surface area contributed by atoms with Crippen molar-refractivity contribution in [2.75, 3.05) is 36.5 Å². The molecule has 0 spiro atoms. The molecule has 0 unspecified atom stereocenters. The van der Waals surface area contributed by atoms with Crippen LogP contribution < -0.4 is 10.2 Å². The lowest BCUT2D eigenvalue weighted by atomic mass is 9.78. The van der Waals surface area contributed by atoms with Gasteiger partial charge < -0.3 is 24.8 Å². The van der Waals surface area contributed by atoms with Crippen LogP contribution in [0.5, 0.6) is 0 Å². The van der Waals surface area contributed by atoms with Gasteiger partial charge in [-0.15, -0.1) is 0 Å². The maximum Gasteiger partial charge on any atom is 0.310 e. The Morgan fingerprint density at radius 3 is 2.54 bits per heavy atom. The number of carbonyl (C=O) groups is 2. The molecule has 2 N–H and O–H groups in total. The molecule has 2 bridgehead atoms. The number of aromatic nitrogens is 2. The summed E-state index contributed by atoms with van der Waals surface area (Å²) in [5.74, 6) is -2.91. The lowest BCUT2D eigenvalue weighted by molar-refractivity contribution is -0.147. The van der Waals surface area contributed by atoms with Gasteiger partial charge in [0.15, 0.2) is 11.0 Å². The number of benzene rings is 1. The fourth-order valence-corrected chi connectivity index (χ4v) is 4.55. The molecule has 1 aromatic heterocycles. The van der Waals surface area contributed by atoms with Crippen molar-refractivity contribution in [2.24, 2.45) is 11.8 Å². The molecule has 4 atom stereocenters. The van der Waals surface area contributed by atoms with E-state index in [9.17, 15) is 14.7 Å². The van der Waals surface area contributed by atoms with Crippen molar-refractivity contribution in [3.63, 3.8) is 0 Å². The van der Waals surface area contributed by atoms with Crippen molar-refractivity contribution in [2.45, 2.75) is 25.0 Å². The number of amides is 1. The molecule has 0 saturated carbocycles. The van der Waals surface area contributed by atoms with Crippen LogP contribution >= 0.6 is 0 Å². The molecule has 10 heteroatoms. The van der Waals surface area contributed by atoms with Crippen LogP contribution in [0.1, 0.15) is 12.8 Å². The van der Waals surface area contributed by atoms with E-state index in [-0.39, 0.29) is 12.0 Å². The highest BCUT2D eigenvalue weighted by Crippen LogP contribution is 2.44. The first-order chi connectivity index (χ1) is 13.6. The zero-order valence-electron chi connectivity index (χ0n) is 15.0. The Kier molecular flexibility index (Phi) is 4.17. The molecule has 0 aliphatic carbocycles. The molecule has 10 nitrogen and oxygen atoms in total. The standard InChI is InChI=1S/C18H20N4O6/c23-17(13-11-3-4-12(27-11)14(13)18(24)25)19-9-1-2-10(16-15(9)20-28-21-16)22-5-7-26-8-6-22/h1-2,11-14H,3-8H2,(H,19,23)(H,24,25)/t11-,12-,13-,14-/m1/s1. The topological polar surface area (TPSA) is 127 Å². The molecule has 148 valence electrons. The number of aliphatic carboxylic acids is 1. The summed E-state index contributed by atoms with van der Waals surface area (Å²) in [5, 5.41) is 20.3. The zero-order chi connectivity index (χ0) is 19.3. The molecule has 3 fully saturated rings. The van der Waals surface area contributed by atoms with Crippen molar-refractivity contribution in [3.05, 3.63) is 12.1 Å². The highest BCUT2D eigenvalue weighted by atomic mass is 16.6. The van der Waals surface area contributed by atoms with Gasteiger partial charge in [0.1, 0.15) is 0 Å². The predicted octanol–water partition coefficient (Wildman–Crippen LogP) is 0.876. The van der Waals surface area contributed by atoms with Gasteiger partial charge in [-0.25, -0.2) is 4.63 Å². The number of carboxylic acid groups (broad SMARTS) is 1.